The number of hydrogen-bond acceptors (Lipinski definition) is 4. The third-order valence-corrected chi connectivity index (χ3v) is 4.58. The van der Waals surface area contributed by atoms with Crippen molar-refractivity contribution in [1.82, 2.24) is 25.1 Å². The molecule has 0 unspecified atom stereocenters. The Hall–Kier alpha value is -2.90. The first-order chi connectivity index (χ1) is 12.1. The summed E-state index contributed by atoms with van der Waals surface area (Å²) in [6.07, 6.45) is 4.52. The Kier molecular flexibility index (Phi) is 3.87. The summed E-state index contributed by atoms with van der Waals surface area (Å²) in [5.74, 6) is -2.12. The molecule has 3 aromatic rings. The Morgan fingerprint density at radius 2 is 1.80 bits per heavy atom. The Morgan fingerprint density at radius 1 is 1.12 bits per heavy atom. The molecule has 4 rings (SSSR count). The van der Waals surface area contributed by atoms with Crippen LogP contribution >= 0.6 is 0 Å². The molecule has 1 aliphatic heterocycles. The molecule has 1 fully saturated rings. The standard InChI is InChI=1S/C17H15F2N5O/c18-11-2-1-3-12(19)13(11)17(25)24-8-4-10(5-9-24)14-15-16(23-22-14)21-7-6-20-15/h1-3,6-7,10H,4-5,8-9H2,(H,21,22,23). The van der Waals surface area contributed by atoms with Gasteiger partial charge in [-0.15, -0.1) is 0 Å². The van der Waals surface area contributed by atoms with Gasteiger partial charge in [0.05, 0.1) is 5.69 Å². The van der Waals surface area contributed by atoms with Crippen molar-refractivity contribution in [1.29, 1.82) is 0 Å². The number of amides is 1. The van der Waals surface area contributed by atoms with Gasteiger partial charge in [-0.1, -0.05) is 6.07 Å². The van der Waals surface area contributed by atoms with E-state index in [-0.39, 0.29) is 5.92 Å². The monoisotopic (exact) mass is 343 g/mol. The Balaban J connectivity index is 1.51. The van der Waals surface area contributed by atoms with Crippen molar-refractivity contribution in [3.8, 4) is 0 Å². The van der Waals surface area contributed by atoms with Crippen molar-refractivity contribution in [2.45, 2.75) is 18.8 Å². The zero-order chi connectivity index (χ0) is 17.4. The van der Waals surface area contributed by atoms with Gasteiger partial charge in [0.1, 0.15) is 22.7 Å². The van der Waals surface area contributed by atoms with E-state index >= 15 is 0 Å². The van der Waals surface area contributed by atoms with Crippen molar-refractivity contribution in [3.63, 3.8) is 0 Å². The first-order valence-corrected chi connectivity index (χ1v) is 8.03. The number of hydrogen-bond donors (Lipinski definition) is 1. The minimum atomic E-state index is -0.832. The molecule has 0 radical (unpaired) electrons. The van der Waals surface area contributed by atoms with Crippen LogP contribution in [0.3, 0.4) is 0 Å². The summed E-state index contributed by atoms with van der Waals surface area (Å²) < 4.78 is 27.6. The largest absolute Gasteiger partial charge is 0.338 e. The van der Waals surface area contributed by atoms with Gasteiger partial charge in [0.2, 0.25) is 0 Å². The minimum absolute atomic E-state index is 0.149. The molecule has 6 nitrogen and oxygen atoms in total. The van der Waals surface area contributed by atoms with Crippen LogP contribution in [-0.2, 0) is 0 Å². The fourth-order valence-electron chi connectivity index (χ4n) is 3.28. The predicted octanol–water partition coefficient (Wildman–Crippen LogP) is 2.65. The molecule has 1 aromatic carbocycles. The van der Waals surface area contributed by atoms with Crippen LogP contribution in [-0.4, -0.2) is 44.1 Å². The number of H-pyrrole nitrogens is 1. The Labute approximate surface area is 141 Å². The Morgan fingerprint density at radius 3 is 2.52 bits per heavy atom. The van der Waals surface area contributed by atoms with E-state index in [4.69, 9.17) is 0 Å². The number of aromatic nitrogens is 4. The lowest BCUT2D eigenvalue weighted by Crippen LogP contribution is -2.38. The maximum atomic E-state index is 13.8. The molecule has 1 amide bonds. The molecule has 0 spiro atoms. The minimum Gasteiger partial charge on any atom is -0.338 e. The van der Waals surface area contributed by atoms with Gasteiger partial charge >= 0.3 is 0 Å². The highest BCUT2D eigenvalue weighted by Gasteiger charge is 2.29. The number of likely N-dealkylation sites (tertiary alicyclic amines) is 1. The summed E-state index contributed by atoms with van der Waals surface area (Å²) in [5.41, 5.74) is 1.70. The highest BCUT2D eigenvalue weighted by atomic mass is 19.1. The third kappa shape index (κ3) is 2.73. The van der Waals surface area contributed by atoms with Gasteiger partial charge in [0.25, 0.3) is 5.91 Å². The second kappa shape index (κ2) is 6.19. The first-order valence-electron chi connectivity index (χ1n) is 8.03. The fourth-order valence-corrected chi connectivity index (χ4v) is 3.28. The molecule has 2 aromatic heterocycles. The van der Waals surface area contributed by atoms with E-state index in [0.29, 0.717) is 31.6 Å². The van der Waals surface area contributed by atoms with Gasteiger partial charge in [-0.05, 0) is 25.0 Å². The lowest BCUT2D eigenvalue weighted by atomic mass is 9.92. The van der Waals surface area contributed by atoms with Gasteiger partial charge in [-0.25, -0.2) is 18.7 Å². The summed E-state index contributed by atoms with van der Waals surface area (Å²) in [7, 11) is 0. The average molecular weight is 343 g/mol. The maximum Gasteiger partial charge on any atom is 0.259 e. The molecule has 0 atom stereocenters. The quantitative estimate of drug-likeness (QED) is 0.776. The molecule has 128 valence electrons. The average Bonchev–Trinajstić information content (AvgIpc) is 3.06. The molecule has 1 aliphatic rings. The van der Waals surface area contributed by atoms with E-state index in [1.54, 1.807) is 12.4 Å². The normalized spacial score (nSPS) is 15.7. The number of nitrogens with zero attached hydrogens (tertiary/aromatic N) is 4. The van der Waals surface area contributed by atoms with E-state index in [2.05, 4.69) is 20.2 Å². The van der Waals surface area contributed by atoms with Crippen molar-refractivity contribution >= 4 is 17.1 Å². The van der Waals surface area contributed by atoms with Crippen molar-refractivity contribution < 1.29 is 13.6 Å². The summed E-state index contributed by atoms with van der Waals surface area (Å²) >= 11 is 0. The van der Waals surface area contributed by atoms with Crippen LogP contribution in [0.1, 0.15) is 34.8 Å². The van der Waals surface area contributed by atoms with Gasteiger partial charge < -0.3 is 4.90 Å². The van der Waals surface area contributed by atoms with E-state index < -0.39 is 23.1 Å². The lowest BCUT2D eigenvalue weighted by molar-refractivity contribution is 0.0702. The maximum absolute atomic E-state index is 13.8. The van der Waals surface area contributed by atoms with E-state index in [0.717, 1.165) is 23.3 Å². The van der Waals surface area contributed by atoms with Crippen LogP contribution in [0.5, 0.6) is 0 Å². The van der Waals surface area contributed by atoms with Gasteiger partial charge in [0.15, 0.2) is 5.65 Å². The molecule has 8 heteroatoms. The highest BCUT2D eigenvalue weighted by Crippen LogP contribution is 2.30. The molecule has 25 heavy (non-hydrogen) atoms. The smallest absolute Gasteiger partial charge is 0.259 e. The molecule has 0 bridgehead atoms. The van der Waals surface area contributed by atoms with Crippen LogP contribution in [0, 0.1) is 11.6 Å². The van der Waals surface area contributed by atoms with E-state index in [1.807, 2.05) is 0 Å². The highest BCUT2D eigenvalue weighted by molar-refractivity contribution is 5.94. The fraction of sp³-hybridized carbons (Fsp3) is 0.294. The number of fused-ring (bicyclic) bond motifs is 1. The summed E-state index contributed by atoms with van der Waals surface area (Å²) in [4.78, 5) is 22.4. The number of aromatic amines is 1. The Bertz CT molecular complexity index is 913. The van der Waals surface area contributed by atoms with Crippen LogP contribution in [0.2, 0.25) is 0 Å². The number of carbonyl (C=O) groups is 1. The summed E-state index contributed by atoms with van der Waals surface area (Å²) in [6, 6.07) is 3.44. The van der Waals surface area contributed by atoms with Gasteiger partial charge in [-0.3, -0.25) is 9.89 Å². The zero-order valence-corrected chi connectivity index (χ0v) is 13.2. The van der Waals surface area contributed by atoms with Crippen LogP contribution in [0.15, 0.2) is 30.6 Å². The number of rotatable bonds is 2. The lowest BCUT2D eigenvalue weighted by Gasteiger charge is -2.31. The van der Waals surface area contributed by atoms with Crippen LogP contribution in [0.4, 0.5) is 8.78 Å². The molecular weight excluding hydrogens is 328 g/mol. The van der Waals surface area contributed by atoms with Crippen LogP contribution in [0.25, 0.3) is 11.2 Å². The molecule has 3 heterocycles. The number of carbonyl (C=O) groups excluding carboxylic acids is 1. The third-order valence-electron chi connectivity index (χ3n) is 4.58. The summed E-state index contributed by atoms with van der Waals surface area (Å²) in [6.45, 7) is 0.829. The molecular formula is C17H15F2N5O. The van der Waals surface area contributed by atoms with Crippen molar-refractivity contribution in [2.75, 3.05) is 13.1 Å². The van der Waals surface area contributed by atoms with Crippen LogP contribution < -0.4 is 0 Å². The molecule has 0 aliphatic carbocycles. The number of piperidine rings is 1. The second-order valence-electron chi connectivity index (χ2n) is 6.03. The SMILES string of the molecule is O=C(c1c(F)cccc1F)N1CCC(c2[nH]nc3nccnc23)CC1. The van der Waals surface area contributed by atoms with Crippen molar-refractivity contribution in [2.24, 2.45) is 0 Å². The molecule has 1 N–H and O–H groups in total. The van der Waals surface area contributed by atoms with E-state index in [1.165, 1.54) is 11.0 Å². The topological polar surface area (TPSA) is 74.8 Å². The van der Waals surface area contributed by atoms with E-state index in [9.17, 15) is 13.6 Å². The number of halogens is 2. The zero-order valence-electron chi connectivity index (χ0n) is 13.2. The second-order valence-corrected chi connectivity index (χ2v) is 6.03. The van der Waals surface area contributed by atoms with Crippen molar-refractivity contribution in [3.05, 3.63) is 53.5 Å². The molecule has 1 saturated heterocycles. The van der Waals surface area contributed by atoms with Gasteiger partial charge in [-0.2, -0.15) is 5.10 Å². The number of benzene rings is 1. The van der Waals surface area contributed by atoms with Gasteiger partial charge in [0, 0.05) is 31.4 Å². The summed E-state index contributed by atoms with van der Waals surface area (Å²) in [5, 5.41) is 7.12. The number of nitrogens with one attached hydrogen (secondary N) is 1. The predicted molar refractivity (Wildman–Crippen MR) is 85.9 cm³/mol. The molecule has 0 saturated carbocycles. The first kappa shape index (κ1) is 15.6.